The molecule has 0 radical (unpaired) electrons. The van der Waals surface area contributed by atoms with Gasteiger partial charge in [-0.05, 0) is 43.2 Å². The third-order valence-electron chi connectivity index (χ3n) is 4.90. The number of carbonyl (C=O) groups is 2. The van der Waals surface area contributed by atoms with Crippen molar-refractivity contribution in [2.24, 2.45) is 0 Å². The molecule has 0 aliphatic carbocycles. The van der Waals surface area contributed by atoms with Crippen molar-refractivity contribution in [2.75, 3.05) is 0 Å². The number of hydrogen-bond donors (Lipinski definition) is 0. The molecule has 0 aliphatic rings. The number of benzene rings is 3. The summed E-state index contributed by atoms with van der Waals surface area (Å²) in [4.78, 5) is 25.3. The van der Waals surface area contributed by atoms with Crippen LogP contribution >= 0.6 is 0 Å². The van der Waals surface area contributed by atoms with Crippen LogP contribution in [0.2, 0.25) is 0 Å². The molecule has 0 aliphatic heterocycles. The standard InChI is InChI=1S/C25H24O5S/c1-3-23(24(26)20-7-5-4-6-8-20)30-25(27)21-13-11-19(12-14-21)17-31(28,29)22-15-9-18(2)10-16-22/h4-16,23H,3,17H2,1-2H3/t23-/m0/s1. The average molecular weight is 437 g/mol. The van der Waals surface area contributed by atoms with Gasteiger partial charge in [0.25, 0.3) is 0 Å². The molecule has 0 fully saturated rings. The molecule has 0 unspecified atom stereocenters. The van der Waals surface area contributed by atoms with Crippen LogP contribution in [0.3, 0.4) is 0 Å². The smallest absolute Gasteiger partial charge is 0.338 e. The maximum Gasteiger partial charge on any atom is 0.338 e. The van der Waals surface area contributed by atoms with Crippen LogP contribution in [0, 0.1) is 6.92 Å². The molecule has 0 bridgehead atoms. The van der Waals surface area contributed by atoms with E-state index in [0.29, 0.717) is 17.5 Å². The van der Waals surface area contributed by atoms with E-state index in [4.69, 9.17) is 4.74 Å². The summed E-state index contributed by atoms with van der Waals surface area (Å²) in [6.07, 6.45) is -0.525. The van der Waals surface area contributed by atoms with E-state index in [9.17, 15) is 18.0 Å². The van der Waals surface area contributed by atoms with E-state index in [2.05, 4.69) is 0 Å². The van der Waals surface area contributed by atoms with Crippen molar-refractivity contribution < 1.29 is 22.7 Å². The SMILES string of the molecule is CC[C@H](OC(=O)c1ccc(CS(=O)(=O)c2ccc(C)cc2)cc1)C(=O)c1ccccc1. The summed E-state index contributed by atoms with van der Waals surface area (Å²) >= 11 is 0. The Balaban J connectivity index is 1.68. The Labute approximate surface area is 182 Å². The molecule has 6 heteroatoms. The molecular weight excluding hydrogens is 412 g/mol. The molecule has 0 N–H and O–H groups in total. The molecule has 160 valence electrons. The van der Waals surface area contributed by atoms with Crippen LogP contribution in [0.4, 0.5) is 0 Å². The molecule has 3 rings (SSSR count). The largest absolute Gasteiger partial charge is 0.450 e. The Morgan fingerprint density at radius 2 is 1.45 bits per heavy atom. The zero-order valence-electron chi connectivity index (χ0n) is 17.4. The fraction of sp³-hybridized carbons (Fsp3) is 0.200. The molecule has 0 amide bonds. The number of sulfone groups is 1. The molecule has 1 atom stereocenters. The molecule has 31 heavy (non-hydrogen) atoms. The minimum atomic E-state index is -3.49. The van der Waals surface area contributed by atoms with E-state index in [1.165, 1.54) is 12.1 Å². The summed E-state index contributed by atoms with van der Waals surface area (Å²) < 4.78 is 30.6. The second-order valence-electron chi connectivity index (χ2n) is 7.30. The highest BCUT2D eigenvalue weighted by Crippen LogP contribution is 2.18. The van der Waals surface area contributed by atoms with Crippen LogP contribution < -0.4 is 0 Å². The number of esters is 1. The van der Waals surface area contributed by atoms with Crippen molar-refractivity contribution in [3.05, 3.63) is 101 Å². The van der Waals surface area contributed by atoms with Gasteiger partial charge in [0.2, 0.25) is 5.78 Å². The van der Waals surface area contributed by atoms with Gasteiger partial charge in [-0.2, -0.15) is 0 Å². The van der Waals surface area contributed by atoms with E-state index in [-0.39, 0.29) is 22.0 Å². The fourth-order valence-corrected chi connectivity index (χ4v) is 4.44. The van der Waals surface area contributed by atoms with E-state index in [1.54, 1.807) is 67.6 Å². The third-order valence-corrected chi connectivity index (χ3v) is 6.60. The van der Waals surface area contributed by atoms with E-state index >= 15 is 0 Å². The highest BCUT2D eigenvalue weighted by atomic mass is 32.2. The summed E-state index contributed by atoms with van der Waals surface area (Å²) in [5, 5.41) is 0. The second-order valence-corrected chi connectivity index (χ2v) is 9.29. The van der Waals surface area contributed by atoms with Gasteiger partial charge in [0.15, 0.2) is 15.9 Å². The summed E-state index contributed by atoms with van der Waals surface area (Å²) in [5.41, 5.74) is 2.29. The molecule has 0 aromatic heterocycles. The van der Waals surface area contributed by atoms with Crippen LogP contribution in [0.1, 0.15) is 45.2 Å². The normalized spacial score (nSPS) is 12.2. The number of carbonyl (C=O) groups excluding carboxylic acids is 2. The summed E-state index contributed by atoms with van der Waals surface area (Å²) in [5.74, 6) is -1.04. The first-order valence-corrected chi connectivity index (χ1v) is 11.6. The molecule has 0 spiro atoms. The van der Waals surface area contributed by atoms with Crippen molar-refractivity contribution in [1.82, 2.24) is 0 Å². The van der Waals surface area contributed by atoms with Gasteiger partial charge in [0.1, 0.15) is 0 Å². The Hall–Kier alpha value is -3.25. The number of Topliss-reactive ketones (excluding diaryl/α,β-unsaturated/α-hetero) is 1. The number of ether oxygens (including phenoxy) is 1. The number of hydrogen-bond acceptors (Lipinski definition) is 5. The lowest BCUT2D eigenvalue weighted by Crippen LogP contribution is -2.26. The van der Waals surface area contributed by atoms with Crippen molar-refractivity contribution in [3.63, 3.8) is 0 Å². The van der Waals surface area contributed by atoms with Crippen LogP contribution in [-0.4, -0.2) is 26.3 Å². The van der Waals surface area contributed by atoms with Crippen LogP contribution in [0.25, 0.3) is 0 Å². The van der Waals surface area contributed by atoms with Crippen molar-refractivity contribution in [3.8, 4) is 0 Å². The molecule has 3 aromatic carbocycles. The maximum atomic E-state index is 12.6. The van der Waals surface area contributed by atoms with Gasteiger partial charge in [-0.15, -0.1) is 0 Å². The van der Waals surface area contributed by atoms with Gasteiger partial charge < -0.3 is 4.74 Å². The Morgan fingerprint density at radius 1 is 0.839 bits per heavy atom. The molecule has 3 aromatic rings. The van der Waals surface area contributed by atoms with Crippen molar-refractivity contribution >= 4 is 21.6 Å². The fourth-order valence-electron chi connectivity index (χ4n) is 3.09. The maximum absolute atomic E-state index is 12.6. The first kappa shape index (κ1) is 22.4. The minimum absolute atomic E-state index is 0.171. The monoisotopic (exact) mass is 436 g/mol. The molecule has 5 nitrogen and oxygen atoms in total. The predicted octanol–water partition coefficient (Wildman–Crippen LogP) is 4.79. The van der Waals surface area contributed by atoms with Crippen LogP contribution in [0.15, 0.2) is 83.8 Å². The molecule has 0 heterocycles. The minimum Gasteiger partial charge on any atom is -0.450 e. The number of aryl methyl sites for hydroxylation is 1. The van der Waals surface area contributed by atoms with Crippen LogP contribution in [0.5, 0.6) is 0 Å². The lowest BCUT2D eigenvalue weighted by molar-refractivity contribution is 0.0277. The second kappa shape index (κ2) is 9.71. The zero-order valence-corrected chi connectivity index (χ0v) is 18.3. The Kier molecular flexibility index (Phi) is 7.02. The van der Waals surface area contributed by atoms with Gasteiger partial charge in [0, 0.05) is 5.56 Å². The highest BCUT2D eigenvalue weighted by molar-refractivity contribution is 7.90. The van der Waals surface area contributed by atoms with E-state index < -0.39 is 21.9 Å². The number of ketones is 1. The van der Waals surface area contributed by atoms with E-state index in [1.807, 2.05) is 13.0 Å². The predicted molar refractivity (Wildman–Crippen MR) is 119 cm³/mol. The third kappa shape index (κ3) is 5.67. The lowest BCUT2D eigenvalue weighted by atomic mass is 10.0. The Morgan fingerprint density at radius 3 is 2.03 bits per heavy atom. The quantitative estimate of drug-likeness (QED) is 0.375. The van der Waals surface area contributed by atoms with Gasteiger partial charge in [0.05, 0.1) is 16.2 Å². The van der Waals surface area contributed by atoms with E-state index in [0.717, 1.165) is 5.56 Å². The van der Waals surface area contributed by atoms with Gasteiger partial charge in [-0.1, -0.05) is 67.1 Å². The molecule has 0 saturated carbocycles. The first-order valence-electron chi connectivity index (χ1n) is 9.99. The topological polar surface area (TPSA) is 77.5 Å². The summed E-state index contributed by atoms with van der Waals surface area (Å²) in [6.45, 7) is 3.67. The molecular formula is C25H24O5S. The van der Waals surface area contributed by atoms with Crippen LogP contribution in [-0.2, 0) is 20.3 Å². The van der Waals surface area contributed by atoms with Gasteiger partial charge in [-0.3, -0.25) is 4.79 Å². The average Bonchev–Trinajstić information content (AvgIpc) is 2.78. The van der Waals surface area contributed by atoms with Gasteiger partial charge in [-0.25, -0.2) is 13.2 Å². The first-order chi connectivity index (χ1) is 14.8. The lowest BCUT2D eigenvalue weighted by Gasteiger charge is -2.15. The number of rotatable bonds is 8. The van der Waals surface area contributed by atoms with Crippen molar-refractivity contribution in [2.45, 2.75) is 37.0 Å². The summed E-state index contributed by atoms with van der Waals surface area (Å²) in [7, 11) is -3.49. The van der Waals surface area contributed by atoms with Gasteiger partial charge >= 0.3 is 5.97 Å². The highest BCUT2D eigenvalue weighted by Gasteiger charge is 2.23. The van der Waals surface area contributed by atoms with Crippen molar-refractivity contribution in [1.29, 1.82) is 0 Å². The summed E-state index contributed by atoms with van der Waals surface area (Å²) in [6, 6.07) is 21.6. The molecule has 0 saturated heterocycles. The Bertz CT molecular complexity index is 1150. The zero-order chi connectivity index (χ0) is 22.4.